The number of alkyl halides is 3. The Kier molecular flexibility index (Phi) is 4.99. The Morgan fingerprint density at radius 1 is 1.05 bits per heavy atom. The minimum Gasteiger partial charge on any atom is -0.406 e. The maximum absolute atomic E-state index is 12.0. The van der Waals surface area contributed by atoms with Crippen molar-refractivity contribution < 1.29 is 17.9 Å². The lowest BCUT2D eigenvalue weighted by atomic mass is 10.2. The summed E-state index contributed by atoms with van der Waals surface area (Å²) in [7, 11) is 0. The van der Waals surface area contributed by atoms with Gasteiger partial charge in [-0.2, -0.15) is 0 Å². The quantitative estimate of drug-likeness (QED) is 0.811. The van der Waals surface area contributed by atoms with Gasteiger partial charge in [0.05, 0.1) is 0 Å². The van der Waals surface area contributed by atoms with Crippen molar-refractivity contribution in [3.05, 3.63) is 53.6 Å². The first kappa shape index (κ1) is 15.8. The van der Waals surface area contributed by atoms with E-state index in [-0.39, 0.29) is 5.75 Å². The molecule has 1 aromatic heterocycles. The van der Waals surface area contributed by atoms with Crippen LogP contribution in [-0.2, 0) is 6.42 Å². The number of hydrogen-bond donors (Lipinski definition) is 0. The van der Waals surface area contributed by atoms with Gasteiger partial charge in [-0.1, -0.05) is 19.3 Å². The third-order valence-corrected chi connectivity index (χ3v) is 2.65. The minimum atomic E-state index is -4.69. The van der Waals surface area contributed by atoms with E-state index in [9.17, 15) is 13.2 Å². The summed E-state index contributed by atoms with van der Waals surface area (Å²) >= 11 is 0. The normalized spacial score (nSPS) is 10.7. The molecule has 0 aliphatic heterocycles. The van der Waals surface area contributed by atoms with Crippen LogP contribution in [0.5, 0.6) is 5.75 Å². The Labute approximate surface area is 126 Å². The molecule has 0 aliphatic rings. The van der Waals surface area contributed by atoms with Crippen molar-refractivity contribution in [1.29, 1.82) is 0 Å². The number of nitrogens with zero attached hydrogens (tertiary/aromatic N) is 2. The molecule has 0 saturated carbocycles. The van der Waals surface area contributed by atoms with Gasteiger partial charge < -0.3 is 4.74 Å². The van der Waals surface area contributed by atoms with Crippen molar-refractivity contribution >= 4 is 0 Å². The number of hydrogen-bond acceptors (Lipinski definition) is 3. The van der Waals surface area contributed by atoms with Gasteiger partial charge in [0.15, 0.2) is 0 Å². The van der Waals surface area contributed by atoms with Crippen LogP contribution in [0.1, 0.15) is 30.3 Å². The molecular formula is C16H13F3N2O. The number of ether oxygens (including phenoxy) is 1. The Morgan fingerprint density at radius 2 is 1.68 bits per heavy atom. The molecule has 0 radical (unpaired) electrons. The maximum atomic E-state index is 12.0. The molecule has 22 heavy (non-hydrogen) atoms. The van der Waals surface area contributed by atoms with Crippen molar-refractivity contribution in [3.8, 4) is 17.6 Å². The van der Waals surface area contributed by atoms with E-state index in [2.05, 4.69) is 33.5 Å². The lowest BCUT2D eigenvalue weighted by Gasteiger charge is -2.07. The molecule has 0 atom stereocenters. The molecule has 2 aromatic rings. The Hall–Kier alpha value is -2.55. The lowest BCUT2D eigenvalue weighted by molar-refractivity contribution is -0.274. The fourth-order valence-corrected chi connectivity index (χ4v) is 1.71. The topological polar surface area (TPSA) is 35.0 Å². The molecule has 1 heterocycles. The highest BCUT2D eigenvalue weighted by Crippen LogP contribution is 2.22. The van der Waals surface area contributed by atoms with Crippen molar-refractivity contribution in [2.75, 3.05) is 0 Å². The number of benzene rings is 1. The molecular weight excluding hydrogens is 293 g/mol. The standard InChI is InChI=1S/C16H13F3N2O/c1-2-3-13-10-20-15(21-11-13)9-6-12-4-7-14(8-5-12)22-16(17,18)19/h4-5,7-8,10-11H,2-3H2,1H3. The molecule has 0 spiro atoms. The lowest BCUT2D eigenvalue weighted by Crippen LogP contribution is -2.16. The summed E-state index contributed by atoms with van der Waals surface area (Å²) < 4.78 is 39.9. The molecule has 2 rings (SSSR count). The molecule has 0 unspecified atom stereocenters. The summed E-state index contributed by atoms with van der Waals surface area (Å²) in [5.74, 6) is 5.64. The summed E-state index contributed by atoms with van der Waals surface area (Å²) in [5, 5.41) is 0. The van der Waals surface area contributed by atoms with Gasteiger partial charge in [0.25, 0.3) is 0 Å². The zero-order valence-corrected chi connectivity index (χ0v) is 11.8. The minimum absolute atomic E-state index is 0.279. The summed E-state index contributed by atoms with van der Waals surface area (Å²) in [4.78, 5) is 8.24. The van der Waals surface area contributed by atoms with Crippen LogP contribution in [0.25, 0.3) is 0 Å². The number of halogens is 3. The van der Waals surface area contributed by atoms with Crippen LogP contribution in [0.2, 0.25) is 0 Å². The van der Waals surface area contributed by atoms with Gasteiger partial charge in [0.2, 0.25) is 5.82 Å². The monoisotopic (exact) mass is 306 g/mol. The van der Waals surface area contributed by atoms with E-state index in [1.165, 1.54) is 24.3 Å². The van der Waals surface area contributed by atoms with Crippen LogP contribution in [0.15, 0.2) is 36.7 Å². The average molecular weight is 306 g/mol. The van der Waals surface area contributed by atoms with Crippen LogP contribution in [0.3, 0.4) is 0 Å². The molecule has 0 aliphatic carbocycles. The molecule has 0 bridgehead atoms. The highest BCUT2D eigenvalue weighted by molar-refractivity contribution is 5.41. The van der Waals surface area contributed by atoms with E-state index >= 15 is 0 Å². The molecule has 0 amide bonds. The highest BCUT2D eigenvalue weighted by Gasteiger charge is 2.30. The zero-order valence-electron chi connectivity index (χ0n) is 11.8. The summed E-state index contributed by atoms with van der Waals surface area (Å²) in [6.07, 6.45) is 0.679. The third-order valence-electron chi connectivity index (χ3n) is 2.65. The van der Waals surface area contributed by atoms with Crippen LogP contribution < -0.4 is 4.74 Å². The second-order valence-electron chi connectivity index (χ2n) is 4.49. The van der Waals surface area contributed by atoms with E-state index in [1.807, 2.05) is 0 Å². The first-order valence-electron chi connectivity index (χ1n) is 6.65. The van der Waals surface area contributed by atoms with Gasteiger partial charge in [-0.05, 0) is 42.2 Å². The van der Waals surface area contributed by atoms with E-state index < -0.39 is 6.36 Å². The van der Waals surface area contributed by atoms with Gasteiger partial charge in [-0.25, -0.2) is 9.97 Å². The molecule has 114 valence electrons. The van der Waals surface area contributed by atoms with Crippen molar-refractivity contribution in [2.45, 2.75) is 26.1 Å². The van der Waals surface area contributed by atoms with E-state index in [1.54, 1.807) is 12.4 Å². The van der Waals surface area contributed by atoms with E-state index in [0.717, 1.165) is 18.4 Å². The molecule has 0 saturated heterocycles. The third kappa shape index (κ3) is 5.09. The van der Waals surface area contributed by atoms with Crippen molar-refractivity contribution in [3.63, 3.8) is 0 Å². The van der Waals surface area contributed by atoms with Gasteiger partial charge in [-0.3, -0.25) is 0 Å². The van der Waals surface area contributed by atoms with E-state index in [0.29, 0.717) is 11.4 Å². The Balaban J connectivity index is 2.05. The van der Waals surface area contributed by atoms with Crippen LogP contribution >= 0.6 is 0 Å². The maximum Gasteiger partial charge on any atom is 0.573 e. The average Bonchev–Trinajstić information content (AvgIpc) is 2.47. The van der Waals surface area contributed by atoms with Crippen LogP contribution in [-0.4, -0.2) is 16.3 Å². The highest BCUT2D eigenvalue weighted by atomic mass is 19.4. The molecule has 0 N–H and O–H groups in total. The summed E-state index contributed by atoms with van der Waals surface area (Å²) in [5.41, 5.74) is 1.59. The van der Waals surface area contributed by atoms with Crippen molar-refractivity contribution in [1.82, 2.24) is 9.97 Å². The predicted molar refractivity (Wildman–Crippen MR) is 75.1 cm³/mol. The first-order chi connectivity index (χ1) is 10.5. The van der Waals surface area contributed by atoms with Crippen LogP contribution in [0, 0.1) is 11.8 Å². The summed E-state index contributed by atoms with van der Waals surface area (Å²) in [6.45, 7) is 2.07. The van der Waals surface area contributed by atoms with Gasteiger partial charge in [0.1, 0.15) is 5.75 Å². The molecule has 6 heteroatoms. The molecule has 0 fully saturated rings. The Bertz CT molecular complexity index is 668. The second kappa shape index (κ2) is 6.94. The molecule has 3 nitrogen and oxygen atoms in total. The zero-order chi connectivity index (χ0) is 16.0. The Morgan fingerprint density at radius 3 is 2.23 bits per heavy atom. The largest absolute Gasteiger partial charge is 0.573 e. The SMILES string of the molecule is CCCc1cnc(C#Cc2ccc(OC(F)(F)F)cc2)nc1. The summed E-state index contributed by atoms with van der Waals surface area (Å²) in [6, 6.07) is 5.31. The first-order valence-corrected chi connectivity index (χ1v) is 6.65. The van der Waals surface area contributed by atoms with Gasteiger partial charge in [0, 0.05) is 18.0 Å². The van der Waals surface area contributed by atoms with Crippen molar-refractivity contribution in [2.24, 2.45) is 0 Å². The predicted octanol–water partition coefficient (Wildman–Crippen LogP) is 3.73. The fraction of sp³-hybridized carbons (Fsp3) is 0.250. The van der Waals surface area contributed by atoms with Gasteiger partial charge in [-0.15, -0.1) is 13.2 Å². The van der Waals surface area contributed by atoms with Gasteiger partial charge >= 0.3 is 6.36 Å². The van der Waals surface area contributed by atoms with E-state index in [4.69, 9.17) is 0 Å². The number of aryl methyl sites for hydroxylation is 1. The fourth-order valence-electron chi connectivity index (χ4n) is 1.71. The smallest absolute Gasteiger partial charge is 0.406 e. The van der Waals surface area contributed by atoms with Crippen LogP contribution in [0.4, 0.5) is 13.2 Å². The second-order valence-corrected chi connectivity index (χ2v) is 4.49. The molecule has 1 aromatic carbocycles. The number of rotatable bonds is 3. The number of aromatic nitrogens is 2.